The van der Waals surface area contributed by atoms with Gasteiger partial charge >= 0.3 is 5.97 Å². The molecule has 182 valence electrons. The number of allylic oxidation sites excluding steroid dienone is 1. The average molecular weight is 501 g/mol. The van der Waals surface area contributed by atoms with E-state index in [0.29, 0.717) is 10.8 Å². The summed E-state index contributed by atoms with van der Waals surface area (Å²) in [6, 6.07) is 24.2. The van der Waals surface area contributed by atoms with E-state index in [9.17, 15) is 14.4 Å². The topological polar surface area (TPSA) is 76.1 Å². The van der Waals surface area contributed by atoms with Crippen LogP contribution in [0.5, 0.6) is 5.75 Å². The number of fused-ring (bicyclic) bond motifs is 2. The van der Waals surface area contributed by atoms with Gasteiger partial charge < -0.3 is 14.5 Å². The van der Waals surface area contributed by atoms with Gasteiger partial charge in [0.2, 0.25) is 0 Å². The number of carbonyl (C=O) groups excluding carboxylic acids is 3. The maximum absolute atomic E-state index is 12.0. The highest BCUT2D eigenvalue weighted by molar-refractivity contribution is 8.03. The van der Waals surface area contributed by atoms with Gasteiger partial charge in [-0.05, 0) is 48.2 Å². The fourth-order valence-corrected chi connectivity index (χ4v) is 5.32. The van der Waals surface area contributed by atoms with Crippen LogP contribution in [0.2, 0.25) is 0 Å². The predicted octanol–water partition coefficient (Wildman–Crippen LogP) is 5.33. The smallest absolute Gasteiger partial charge is 0.370 e. The van der Waals surface area contributed by atoms with Crippen LogP contribution < -0.4 is 9.64 Å². The zero-order valence-electron chi connectivity index (χ0n) is 19.9. The Hall–Kier alpha value is -4.04. The molecule has 2 amide bonds. The number of thioether (sulfide) groups is 1. The Morgan fingerprint density at radius 2 is 1.42 bits per heavy atom. The first kappa shape index (κ1) is 23.7. The molecular weight excluding hydrogens is 476 g/mol. The van der Waals surface area contributed by atoms with Gasteiger partial charge in [0.25, 0.3) is 11.8 Å². The SMILES string of the molecule is CC(Sc1ccc(OCC(=O)ON2C(=O)CCC2=O)cc1)=C1c2ccccc2N(C)c2ccccc21. The van der Waals surface area contributed by atoms with Crippen molar-refractivity contribution in [2.45, 2.75) is 24.7 Å². The van der Waals surface area contributed by atoms with E-state index < -0.39 is 24.4 Å². The number of imide groups is 1. The van der Waals surface area contributed by atoms with Gasteiger partial charge in [-0.2, -0.15) is 0 Å². The summed E-state index contributed by atoms with van der Waals surface area (Å²) in [6.45, 7) is 1.72. The first-order valence-corrected chi connectivity index (χ1v) is 12.3. The Kier molecular flexibility index (Phi) is 6.52. The Balaban J connectivity index is 1.29. The van der Waals surface area contributed by atoms with Crippen molar-refractivity contribution in [1.82, 2.24) is 5.06 Å². The second-order valence-electron chi connectivity index (χ2n) is 8.43. The van der Waals surface area contributed by atoms with Gasteiger partial charge in [-0.15, -0.1) is 5.06 Å². The number of nitrogens with zero attached hydrogens (tertiary/aromatic N) is 2. The van der Waals surface area contributed by atoms with Gasteiger partial charge in [-0.3, -0.25) is 9.59 Å². The summed E-state index contributed by atoms with van der Waals surface area (Å²) < 4.78 is 5.48. The summed E-state index contributed by atoms with van der Waals surface area (Å²) in [7, 11) is 2.09. The van der Waals surface area contributed by atoms with Gasteiger partial charge in [0.1, 0.15) is 5.75 Å². The van der Waals surface area contributed by atoms with E-state index in [1.54, 1.807) is 23.9 Å². The molecule has 1 saturated heterocycles. The first-order chi connectivity index (χ1) is 17.4. The van der Waals surface area contributed by atoms with Crippen LogP contribution in [0.3, 0.4) is 0 Å². The fraction of sp³-hybridized carbons (Fsp3) is 0.179. The summed E-state index contributed by atoms with van der Waals surface area (Å²) in [4.78, 5) is 44.3. The summed E-state index contributed by atoms with van der Waals surface area (Å²) >= 11 is 1.67. The van der Waals surface area contributed by atoms with Crippen LogP contribution in [0.4, 0.5) is 11.4 Å². The molecule has 0 unspecified atom stereocenters. The van der Waals surface area contributed by atoms with Gasteiger partial charge in [-0.25, -0.2) is 4.79 Å². The number of hydrogen-bond acceptors (Lipinski definition) is 7. The predicted molar refractivity (Wildman–Crippen MR) is 138 cm³/mol. The molecule has 0 aromatic heterocycles. The second-order valence-corrected chi connectivity index (χ2v) is 9.72. The minimum atomic E-state index is -0.808. The van der Waals surface area contributed by atoms with Crippen molar-refractivity contribution in [2.75, 3.05) is 18.6 Å². The summed E-state index contributed by atoms with van der Waals surface area (Å²) in [5.41, 5.74) is 5.92. The van der Waals surface area contributed by atoms with Crippen LogP contribution in [0, 0.1) is 0 Å². The standard InChI is InChI=1S/C28H24N2O5S/c1-18(28-21-7-3-5-9-23(21)29(2)24-10-6-4-8-22(24)28)36-20-13-11-19(12-14-20)34-17-27(33)35-30-25(31)15-16-26(30)32/h3-14H,15-17H2,1-2H3. The average Bonchev–Trinajstić information content (AvgIpc) is 3.20. The number of hydroxylamine groups is 2. The molecule has 1 fully saturated rings. The zero-order chi connectivity index (χ0) is 25.2. The summed E-state index contributed by atoms with van der Waals surface area (Å²) in [5, 5.41) is 0.515. The minimum absolute atomic E-state index is 0.0511. The lowest BCUT2D eigenvalue weighted by Crippen LogP contribution is -2.33. The summed E-state index contributed by atoms with van der Waals surface area (Å²) in [5.74, 6) is -1.36. The molecule has 0 N–H and O–H groups in total. The normalized spacial score (nSPS) is 14.4. The van der Waals surface area contributed by atoms with Crippen LogP contribution >= 0.6 is 11.8 Å². The van der Waals surface area contributed by atoms with Crippen LogP contribution in [-0.4, -0.2) is 36.5 Å². The number of anilines is 2. The zero-order valence-corrected chi connectivity index (χ0v) is 20.7. The molecule has 36 heavy (non-hydrogen) atoms. The molecule has 3 aromatic carbocycles. The summed E-state index contributed by atoms with van der Waals surface area (Å²) in [6.07, 6.45) is 0.102. The third-order valence-corrected chi connectivity index (χ3v) is 7.09. The van der Waals surface area contributed by atoms with Crippen molar-refractivity contribution >= 4 is 46.5 Å². The van der Waals surface area contributed by atoms with Crippen LogP contribution in [0.15, 0.2) is 82.6 Å². The highest BCUT2D eigenvalue weighted by Gasteiger charge is 2.33. The van der Waals surface area contributed by atoms with Gasteiger partial charge in [0.05, 0.1) is 0 Å². The van der Waals surface area contributed by atoms with Gasteiger partial charge in [0, 0.05) is 52.9 Å². The molecule has 8 heteroatoms. The molecule has 2 aliphatic heterocycles. The third-order valence-electron chi connectivity index (χ3n) is 6.07. The number of amides is 2. The molecule has 2 heterocycles. The highest BCUT2D eigenvalue weighted by Crippen LogP contribution is 2.47. The maximum Gasteiger partial charge on any atom is 0.370 e. The number of carbonyl (C=O) groups is 3. The molecule has 0 radical (unpaired) electrons. The van der Waals surface area contributed by atoms with E-state index in [1.165, 1.54) is 33.0 Å². The second kappa shape index (κ2) is 9.91. The lowest BCUT2D eigenvalue weighted by molar-refractivity contribution is -0.198. The molecule has 2 aliphatic rings. The van der Waals surface area contributed by atoms with E-state index in [1.807, 2.05) is 12.1 Å². The van der Waals surface area contributed by atoms with E-state index >= 15 is 0 Å². The largest absolute Gasteiger partial charge is 0.482 e. The molecular formula is C28H24N2O5S. The van der Waals surface area contributed by atoms with E-state index in [0.717, 1.165) is 4.90 Å². The molecule has 0 saturated carbocycles. The van der Waals surface area contributed by atoms with Crippen LogP contribution in [0.25, 0.3) is 5.57 Å². The number of para-hydroxylation sites is 2. The lowest BCUT2D eigenvalue weighted by Gasteiger charge is -2.32. The van der Waals surface area contributed by atoms with Crippen molar-refractivity contribution in [3.63, 3.8) is 0 Å². The van der Waals surface area contributed by atoms with Crippen molar-refractivity contribution in [3.8, 4) is 5.75 Å². The Morgan fingerprint density at radius 1 is 0.861 bits per heavy atom. The van der Waals surface area contributed by atoms with Crippen LogP contribution in [-0.2, 0) is 19.2 Å². The maximum atomic E-state index is 12.0. The number of ether oxygens (including phenoxy) is 1. The molecule has 5 rings (SSSR count). The first-order valence-electron chi connectivity index (χ1n) is 11.5. The Morgan fingerprint density at radius 3 is 2.00 bits per heavy atom. The van der Waals surface area contributed by atoms with E-state index in [2.05, 4.69) is 67.4 Å². The number of rotatable bonds is 6. The third kappa shape index (κ3) is 4.59. The molecule has 0 aliphatic carbocycles. The minimum Gasteiger partial charge on any atom is -0.482 e. The van der Waals surface area contributed by atoms with Crippen molar-refractivity contribution in [1.29, 1.82) is 0 Å². The quantitative estimate of drug-likeness (QED) is 0.335. The Bertz CT molecular complexity index is 1320. The van der Waals surface area contributed by atoms with Gasteiger partial charge in [-0.1, -0.05) is 48.2 Å². The number of benzene rings is 3. The van der Waals surface area contributed by atoms with Crippen molar-refractivity contribution < 1.29 is 24.0 Å². The monoisotopic (exact) mass is 500 g/mol. The highest BCUT2D eigenvalue weighted by atomic mass is 32.2. The van der Waals surface area contributed by atoms with Gasteiger partial charge in [0.15, 0.2) is 6.61 Å². The number of hydrogen-bond donors (Lipinski definition) is 0. The molecule has 0 atom stereocenters. The van der Waals surface area contributed by atoms with Crippen LogP contribution in [0.1, 0.15) is 30.9 Å². The Labute approximate surface area is 213 Å². The van der Waals surface area contributed by atoms with E-state index in [-0.39, 0.29) is 12.8 Å². The molecule has 7 nitrogen and oxygen atoms in total. The molecule has 3 aromatic rings. The lowest BCUT2D eigenvalue weighted by atomic mass is 9.90. The van der Waals surface area contributed by atoms with E-state index in [4.69, 9.17) is 9.57 Å². The fourth-order valence-electron chi connectivity index (χ4n) is 4.37. The molecule has 0 spiro atoms. The molecule has 0 bridgehead atoms. The van der Waals surface area contributed by atoms with Crippen molar-refractivity contribution in [3.05, 3.63) is 88.8 Å². The van der Waals surface area contributed by atoms with Crippen molar-refractivity contribution in [2.24, 2.45) is 0 Å².